The zero-order valence-corrected chi connectivity index (χ0v) is 19.9. The number of fused-ring (bicyclic) bond motifs is 1. The SMILES string of the molecule is O=C(Nc1cccc(-c2cn3ccsc3n2)c1)C1CCCN(c2cc(-c3ccccc3)ncn2)C1. The van der Waals surface area contributed by atoms with E-state index in [2.05, 4.69) is 25.2 Å². The number of carbonyl (C=O) groups is 1. The summed E-state index contributed by atoms with van der Waals surface area (Å²) in [5, 5.41) is 5.14. The van der Waals surface area contributed by atoms with Gasteiger partial charge in [-0.15, -0.1) is 11.3 Å². The van der Waals surface area contributed by atoms with Gasteiger partial charge in [-0.05, 0) is 25.0 Å². The van der Waals surface area contributed by atoms with Gasteiger partial charge in [0.1, 0.15) is 12.1 Å². The van der Waals surface area contributed by atoms with Gasteiger partial charge in [0, 0.05) is 53.7 Å². The van der Waals surface area contributed by atoms with Gasteiger partial charge in [-0.1, -0.05) is 42.5 Å². The molecule has 1 amide bonds. The fraction of sp³-hybridized carbons (Fsp3) is 0.185. The van der Waals surface area contributed by atoms with Gasteiger partial charge in [-0.25, -0.2) is 15.0 Å². The average molecular weight is 481 g/mol. The molecule has 1 aliphatic heterocycles. The summed E-state index contributed by atoms with van der Waals surface area (Å²) in [6.45, 7) is 1.51. The third-order valence-corrected chi connectivity index (χ3v) is 7.13. The lowest BCUT2D eigenvalue weighted by molar-refractivity contribution is -0.120. The molecule has 1 aliphatic rings. The fourth-order valence-electron chi connectivity index (χ4n) is 4.55. The molecule has 5 aromatic rings. The Bertz CT molecular complexity index is 1450. The molecule has 1 fully saturated rings. The molecule has 7 nitrogen and oxygen atoms in total. The minimum atomic E-state index is -0.111. The second-order valence-corrected chi connectivity index (χ2v) is 9.57. The Morgan fingerprint density at radius 2 is 1.89 bits per heavy atom. The molecule has 0 saturated carbocycles. The molecule has 1 unspecified atom stereocenters. The maximum Gasteiger partial charge on any atom is 0.229 e. The normalized spacial score (nSPS) is 15.9. The molecule has 4 heterocycles. The van der Waals surface area contributed by atoms with Crippen LogP contribution in [0.3, 0.4) is 0 Å². The molecular weight excluding hydrogens is 456 g/mol. The lowest BCUT2D eigenvalue weighted by Gasteiger charge is -2.33. The van der Waals surface area contributed by atoms with Crippen molar-refractivity contribution >= 4 is 33.7 Å². The van der Waals surface area contributed by atoms with Crippen molar-refractivity contribution < 1.29 is 4.79 Å². The van der Waals surface area contributed by atoms with Gasteiger partial charge in [-0.3, -0.25) is 9.20 Å². The van der Waals surface area contributed by atoms with Gasteiger partial charge in [-0.2, -0.15) is 0 Å². The van der Waals surface area contributed by atoms with Crippen LogP contribution in [0.5, 0.6) is 0 Å². The second-order valence-electron chi connectivity index (χ2n) is 8.70. The highest BCUT2D eigenvalue weighted by Crippen LogP contribution is 2.27. The summed E-state index contributed by atoms with van der Waals surface area (Å²) in [5.74, 6) is 0.786. The zero-order valence-electron chi connectivity index (χ0n) is 19.0. The number of rotatable bonds is 5. The van der Waals surface area contributed by atoms with Crippen molar-refractivity contribution in [2.75, 3.05) is 23.3 Å². The molecule has 174 valence electrons. The van der Waals surface area contributed by atoms with Crippen molar-refractivity contribution in [3.63, 3.8) is 0 Å². The van der Waals surface area contributed by atoms with Crippen molar-refractivity contribution in [2.45, 2.75) is 12.8 Å². The van der Waals surface area contributed by atoms with E-state index in [1.54, 1.807) is 17.7 Å². The lowest BCUT2D eigenvalue weighted by atomic mass is 9.96. The predicted molar refractivity (Wildman–Crippen MR) is 140 cm³/mol. The minimum absolute atomic E-state index is 0.0370. The van der Waals surface area contributed by atoms with Gasteiger partial charge in [0.05, 0.1) is 17.3 Å². The second kappa shape index (κ2) is 9.31. The van der Waals surface area contributed by atoms with Crippen LogP contribution in [0.4, 0.5) is 11.5 Å². The first-order chi connectivity index (χ1) is 17.2. The molecule has 8 heteroatoms. The number of aromatic nitrogens is 4. The molecule has 1 N–H and O–H groups in total. The number of benzene rings is 2. The summed E-state index contributed by atoms with van der Waals surface area (Å²) in [6.07, 6.45) is 7.41. The number of carbonyl (C=O) groups excluding carboxylic acids is 1. The standard InChI is InChI=1S/C27H24N6OS/c34-26(30-22-10-4-8-20(14-22)24-17-33-12-13-35-27(33)31-24)21-9-5-11-32(16-21)25-15-23(28-18-29-25)19-6-2-1-3-7-19/h1-4,6-8,10,12-15,17-18,21H,5,9,11,16H2,(H,30,34). The number of piperidine rings is 1. The molecule has 35 heavy (non-hydrogen) atoms. The molecule has 3 aromatic heterocycles. The van der Waals surface area contributed by atoms with Crippen LogP contribution in [-0.2, 0) is 4.79 Å². The maximum atomic E-state index is 13.2. The Hall–Kier alpha value is -4.04. The van der Waals surface area contributed by atoms with E-state index in [0.29, 0.717) is 6.54 Å². The smallest absolute Gasteiger partial charge is 0.229 e. The number of imidazole rings is 1. The number of anilines is 2. The first-order valence-electron chi connectivity index (χ1n) is 11.7. The fourth-order valence-corrected chi connectivity index (χ4v) is 5.25. The lowest BCUT2D eigenvalue weighted by Crippen LogP contribution is -2.41. The number of thiazole rings is 1. The van der Waals surface area contributed by atoms with Crippen LogP contribution in [0.1, 0.15) is 12.8 Å². The van der Waals surface area contributed by atoms with Gasteiger partial charge in [0.25, 0.3) is 0 Å². The van der Waals surface area contributed by atoms with Crippen LogP contribution in [0, 0.1) is 5.92 Å². The minimum Gasteiger partial charge on any atom is -0.356 e. The molecular formula is C27H24N6OS. The van der Waals surface area contributed by atoms with E-state index in [1.807, 2.05) is 82.8 Å². The van der Waals surface area contributed by atoms with Crippen molar-refractivity contribution in [2.24, 2.45) is 5.92 Å². The van der Waals surface area contributed by atoms with Crippen LogP contribution >= 0.6 is 11.3 Å². The first kappa shape index (κ1) is 21.5. The van der Waals surface area contributed by atoms with Crippen molar-refractivity contribution in [1.29, 1.82) is 0 Å². The van der Waals surface area contributed by atoms with Gasteiger partial charge in [0.2, 0.25) is 5.91 Å². The van der Waals surface area contributed by atoms with E-state index < -0.39 is 0 Å². The third-order valence-electron chi connectivity index (χ3n) is 6.36. The van der Waals surface area contributed by atoms with Crippen LogP contribution in [-0.4, -0.2) is 38.3 Å². The molecule has 0 spiro atoms. The summed E-state index contributed by atoms with van der Waals surface area (Å²) in [7, 11) is 0. The van der Waals surface area contributed by atoms with E-state index in [4.69, 9.17) is 0 Å². The highest BCUT2D eigenvalue weighted by molar-refractivity contribution is 7.15. The highest BCUT2D eigenvalue weighted by atomic mass is 32.1. The Kier molecular flexibility index (Phi) is 5.71. The van der Waals surface area contributed by atoms with Crippen molar-refractivity contribution in [3.05, 3.63) is 84.8 Å². The molecule has 0 radical (unpaired) electrons. The molecule has 6 rings (SSSR count). The van der Waals surface area contributed by atoms with Gasteiger partial charge >= 0.3 is 0 Å². The van der Waals surface area contributed by atoms with Crippen LogP contribution in [0.2, 0.25) is 0 Å². The Labute approximate surface area is 207 Å². The van der Waals surface area contributed by atoms with Crippen molar-refractivity contribution in [1.82, 2.24) is 19.4 Å². The van der Waals surface area contributed by atoms with Crippen LogP contribution in [0.25, 0.3) is 27.5 Å². The predicted octanol–water partition coefficient (Wildman–Crippen LogP) is 5.37. The van der Waals surface area contributed by atoms with E-state index in [-0.39, 0.29) is 11.8 Å². The summed E-state index contributed by atoms with van der Waals surface area (Å²) in [6, 6.07) is 20.0. The number of nitrogens with zero attached hydrogens (tertiary/aromatic N) is 5. The molecule has 0 aliphatic carbocycles. The van der Waals surface area contributed by atoms with Gasteiger partial charge < -0.3 is 10.2 Å². The summed E-state index contributed by atoms with van der Waals surface area (Å²) < 4.78 is 2.01. The van der Waals surface area contributed by atoms with Crippen LogP contribution < -0.4 is 10.2 Å². The molecule has 2 aromatic carbocycles. The monoisotopic (exact) mass is 480 g/mol. The molecule has 1 atom stereocenters. The Morgan fingerprint density at radius 3 is 2.77 bits per heavy atom. The van der Waals surface area contributed by atoms with E-state index in [9.17, 15) is 4.79 Å². The van der Waals surface area contributed by atoms with Gasteiger partial charge in [0.15, 0.2) is 4.96 Å². The van der Waals surface area contributed by atoms with E-state index in [0.717, 1.165) is 58.4 Å². The molecule has 0 bridgehead atoms. The number of nitrogens with one attached hydrogen (secondary N) is 1. The maximum absolute atomic E-state index is 13.2. The summed E-state index contributed by atoms with van der Waals surface area (Å²) in [5.41, 5.74) is 4.61. The molecule has 1 saturated heterocycles. The number of hydrogen-bond donors (Lipinski definition) is 1. The Morgan fingerprint density at radius 1 is 1.00 bits per heavy atom. The van der Waals surface area contributed by atoms with E-state index >= 15 is 0 Å². The summed E-state index contributed by atoms with van der Waals surface area (Å²) >= 11 is 1.60. The Balaban J connectivity index is 1.16. The third kappa shape index (κ3) is 4.52. The van der Waals surface area contributed by atoms with Crippen molar-refractivity contribution in [3.8, 4) is 22.5 Å². The topological polar surface area (TPSA) is 75.4 Å². The van der Waals surface area contributed by atoms with Crippen LogP contribution in [0.15, 0.2) is 84.8 Å². The van der Waals surface area contributed by atoms with E-state index in [1.165, 1.54) is 0 Å². The quantitative estimate of drug-likeness (QED) is 0.366. The number of amides is 1. The largest absolute Gasteiger partial charge is 0.356 e. The average Bonchev–Trinajstić information content (AvgIpc) is 3.53. The number of hydrogen-bond acceptors (Lipinski definition) is 6. The summed E-state index contributed by atoms with van der Waals surface area (Å²) in [4.78, 5) is 29.9. The highest BCUT2D eigenvalue weighted by Gasteiger charge is 2.27. The first-order valence-corrected chi connectivity index (χ1v) is 12.6. The zero-order chi connectivity index (χ0) is 23.6.